The van der Waals surface area contributed by atoms with Crippen molar-refractivity contribution in [3.63, 3.8) is 0 Å². The standard InChI is InChI=1S/C23H18FN3O2S/c24-19-13-7-8-14-21(19)29-15-22-25-26-23(27(22)18-11-5-2-6-12-18)30-16-20(28)17-9-3-1-4-10-17/h1-14H,15-16H2. The van der Waals surface area contributed by atoms with Gasteiger partial charge in [0.2, 0.25) is 0 Å². The van der Waals surface area contributed by atoms with E-state index in [0.29, 0.717) is 16.5 Å². The quantitative estimate of drug-likeness (QED) is 0.298. The molecule has 0 N–H and O–H groups in total. The fraction of sp³-hybridized carbons (Fsp3) is 0.0870. The van der Waals surface area contributed by atoms with Crippen LogP contribution in [-0.2, 0) is 6.61 Å². The number of hydrogen-bond acceptors (Lipinski definition) is 5. The maximum absolute atomic E-state index is 13.9. The summed E-state index contributed by atoms with van der Waals surface area (Å²) in [6, 6.07) is 24.9. The van der Waals surface area contributed by atoms with E-state index >= 15 is 0 Å². The molecule has 4 aromatic rings. The van der Waals surface area contributed by atoms with Crippen LogP contribution in [0.25, 0.3) is 5.69 Å². The average molecular weight is 419 g/mol. The van der Waals surface area contributed by atoms with Gasteiger partial charge in [0.1, 0.15) is 6.61 Å². The molecule has 0 fully saturated rings. The number of aromatic nitrogens is 3. The van der Waals surface area contributed by atoms with E-state index in [4.69, 9.17) is 4.74 Å². The summed E-state index contributed by atoms with van der Waals surface area (Å²) in [7, 11) is 0. The summed E-state index contributed by atoms with van der Waals surface area (Å²) < 4.78 is 21.3. The van der Waals surface area contributed by atoms with Gasteiger partial charge in [-0.15, -0.1) is 10.2 Å². The number of rotatable bonds is 8. The highest BCUT2D eigenvalue weighted by Gasteiger charge is 2.17. The number of ether oxygens (including phenoxy) is 1. The van der Waals surface area contributed by atoms with Crippen LogP contribution in [0.3, 0.4) is 0 Å². The van der Waals surface area contributed by atoms with Crippen LogP contribution in [0.15, 0.2) is 90.1 Å². The van der Waals surface area contributed by atoms with E-state index in [2.05, 4.69) is 10.2 Å². The van der Waals surface area contributed by atoms with Gasteiger partial charge in [-0.25, -0.2) is 4.39 Å². The number of para-hydroxylation sites is 2. The van der Waals surface area contributed by atoms with Gasteiger partial charge in [-0.1, -0.05) is 72.4 Å². The van der Waals surface area contributed by atoms with E-state index in [0.717, 1.165) is 5.69 Å². The van der Waals surface area contributed by atoms with Crippen molar-refractivity contribution in [2.24, 2.45) is 0 Å². The van der Waals surface area contributed by atoms with Crippen LogP contribution >= 0.6 is 11.8 Å². The second-order valence-electron chi connectivity index (χ2n) is 6.37. The monoisotopic (exact) mass is 419 g/mol. The van der Waals surface area contributed by atoms with Gasteiger partial charge in [0.25, 0.3) is 0 Å². The molecule has 1 aromatic heterocycles. The first kappa shape index (κ1) is 19.8. The molecule has 0 bridgehead atoms. The molecule has 4 rings (SSSR count). The van der Waals surface area contributed by atoms with Crippen LogP contribution in [0.2, 0.25) is 0 Å². The second kappa shape index (κ2) is 9.37. The van der Waals surface area contributed by atoms with Gasteiger partial charge in [0.05, 0.1) is 5.75 Å². The maximum Gasteiger partial charge on any atom is 0.196 e. The van der Waals surface area contributed by atoms with Crippen molar-refractivity contribution in [2.75, 3.05) is 5.75 Å². The highest BCUT2D eigenvalue weighted by atomic mass is 32.2. The number of carbonyl (C=O) groups excluding carboxylic acids is 1. The van der Waals surface area contributed by atoms with E-state index in [9.17, 15) is 9.18 Å². The molecular formula is C23H18FN3O2S. The molecule has 3 aromatic carbocycles. The van der Waals surface area contributed by atoms with Crippen molar-refractivity contribution < 1.29 is 13.9 Å². The summed E-state index contributed by atoms with van der Waals surface area (Å²) in [5, 5.41) is 9.03. The van der Waals surface area contributed by atoms with Gasteiger partial charge in [-0.2, -0.15) is 0 Å². The molecule has 0 amide bonds. The number of Topliss-reactive ketones (excluding diaryl/α,β-unsaturated/α-hetero) is 1. The normalized spacial score (nSPS) is 10.7. The predicted molar refractivity (Wildman–Crippen MR) is 114 cm³/mol. The van der Waals surface area contributed by atoms with Crippen LogP contribution in [-0.4, -0.2) is 26.3 Å². The van der Waals surface area contributed by atoms with E-state index < -0.39 is 5.82 Å². The number of halogens is 1. The van der Waals surface area contributed by atoms with Crippen molar-refractivity contribution in [3.8, 4) is 11.4 Å². The summed E-state index contributed by atoms with van der Waals surface area (Å²) in [5.74, 6) is 0.453. The largest absolute Gasteiger partial charge is 0.483 e. The Labute approximate surface area is 177 Å². The molecule has 0 spiro atoms. The van der Waals surface area contributed by atoms with Gasteiger partial charge in [0.15, 0.2) is 28.3 Å². The van der Waals surface area contributed by atoms with Crippen LogP contribution in [0, 0.1) is 5.82 Å². The Kier molecular flexibility index (Phi) is 6.20. The first-order valence-corrected chi connectivity index (χ1v) is 10.3. The van der Waals surface area contributed by atoms with Crippen molar-refractivity contribution in [1.82, 2.24) is 14.8 Å². The molecule has 0 aliphatic rings. The van der Waals surface area contributed by atoms with Crippen LogP contribution in [0.4, 0.5) is 4.39 Å². The number of carbonyl (C=O) groups is 1. The van der Waals surface area contributed by atoms with Gasteiger partial charge in [-0.3, -0.25) is 9.36 Å². The first-order valence-electron chi connectivity index (χ1n) is 9.30. The Morgan fingerprint density at radius 2 is 1.57 bits per heavy atom. The van der Waals surface area contributed by atoms with E-state index in [1.165, 1.54) is 17.8 Å². The van der Waals surface area contributed by atoms with Gasteiger partial charge in [-0.05, 0) is 24.3 Å². The summed E-state index contributed by atoms with van der Waals surface area (Å²) in [4.78, 5) is 12.5. The highest BCUT2D eigenvalue weighted by molar-refractivity contribution is 7.99. The minimum atomic E-state index is -0.439. The SMILES string of the molecule is O=C(CSc1nnc(COc2ccccc2F)n1-c1ccccc1)c1ccccc1. The Balaban J connectivity index is 1.56. The third-order valence-corrected chi connectivity index (χ3v) is 5.27. The van der Waals surface area contributed by atoms with Gasteiger partial charge in [0, 0.05) is 11.3 Å². The molecule has 1 heterocycles. The molecule has 0 unspecified atom stereocenters. The number of benzene rings is 3. The minimum Gasteiger partial charge on any atom is -0.483 e. The van der Waals surface area contributed by atoms with Crippen LogP contribution in [0.1, 0.15) is 16.2 Å². The summed E-state index contributed by atoms with van der Waals surface area (Å²) >= 11 is 1.30. The van der Waals surface area contributed by atoms with E-state index in [-0.39, 0.29) is 23.9 Å². The third-order valence-electron chi connectivity index (χ3n) is 4.34. The lowest BCUT2D eigenvalue weighted by molar-refractivity contribution is 0.102. The van der Waals surface area contributed by atoms with E-state index in [1.807, 2.05) is 53.1 Å². The highest BCUT2D eigenvalue weighted by Crippen LogP contribution is 2.24. The lowest BCUT2D eigenvalue weighted by Crippen LogP contribution is -2.08. The number of thioether (sulfide) groups is 1. The zero-order valence-corrected chi connectivity index (χ0v) is 16.8. The fourth-order valence-corrected chi connectivity index (χ4v) is 3.73. The Morgan fingerprint density at radius 3 is 2.30 bits per heavy atom. The van der Waals surface area contributed by atoms with Crippen molar-refractivity contribution in [2.45, 2.75) is 11.8 Å². The fourth-order valence-electron chi connectivity index (χ4n) is 2.87. The van der Waals surface area contributed by atoms with Crippen molar-refractivity contribution >= 4 is 17.5 Å². The molecule has 0 aliphatic carbocycles. The lowest BCUT2D eigenvalue weighted by atomic mass is 10.2. The van der Waals surface area contributed by atoms with Gasteiger partial charge < -0.3 is 4.74 Å². The number of hydrogen-bond donors (Lipinski definition) is 0. The molecule has 7 heteroatoms. The molecular weight excluding hydrogens is 401 g/mol. The first-order chi connectivity index (χ1) is 14.7. The van der Waals surface area contributed by atoms with Crippen LogP contribution < -0.4 is 4.74 Å². The number of nitrogens with zero attached hydrogens (tertiary/aromatic N) is 3. The molecule has 0 saturated carbocycles. The number of ketones is 1. The molecule has 0 saturated heterocycles. The summed E-state index contributed by atoms with van der Waals surface area (Å²) in [5.41, 5.74) is 1.49. The minimum absolute atomic E-state index is 0.00682. The molecule has 5 nitrogen and oxygen atoms in total. The summed E-state index contributed by atoms with van der Waals surface area (Å²) in [6.45, 7) is 0.0377. The lowest BCUT2D eigenvalue weighted by Gasteiger charge is -2.11. The Morgan fingerprint density at radius 1 is 0.900 bits per heavy atom. The molecule has 30 heavy (non-hydrogen) atoms. The summed E-state index contributed by atoms with van der Waals surface area (Å²) in [6.07, 6.45) is 0. The van der Waals surface area contributed by atoms with Crippen molar-refractivity contribution in [3.05, 3.63) is 102 Å². The zero-order chi connectivity index (χ0) is 20.8. The zero-order valence-electron chi connectivity index (χ0n) is 15.9. The second-order valence-corrected chi connectivity index (χ2v) is 7.31. The third kappa shape index (κ3) is 4.58. The Hall–Kier alpha value is -3.45. The topological polar surface area (TPSA) is 57.0 Å². The Bertz CT molecular complexity index is 1130. The smallest absolute Gasteiger partial charge is 0.196 e. The maximum atomic E-state index is 13.9. The van der Waals surface area contributed by atoms with Crippen LogP contribution in [0.5, 0.6) is 5.75 Å². The van der Waals surface area contributed by atoms with Crippen molar-refractivity contribution in [1.29, 1.82) is 0 Å². The van der Waals surface area contributed by atoms with Gasteiger partial charge >= 0.3 is 0 Å². The molecule has 0 atom stereocenters. The molecule has 150 valence electrons. The molecule has 0 aliphatic heterocycles. The predicted octanol–water partition coefficient (Wildman–Crippen LogP) is 4.96. The molecule has 0 radical (unpaired) electrons. The average Bonchev–Trinajstić information content (AvgIpc) is 3.21. The van der Waals surface area contributed by atoms with E-state index in [1.54, 1.807) is 30.3 Å².